The fourth-order valence-corrected chi connectivity index (χ4v) is 3.24. The first kappa shape index (κ1) is 18.5. The highest BCUT2D eigenvalue weighted by Crippen LogP contribution is 2.22. The van der Waals surface area contributed by atoms with Crippen LogP contribution < -0.4 is 5.32 Å². The monoisotopic (exact) mass is 352 g/mol. The molecule has 2 aromatic rings. The van der Waals surface area contributed by atoms with Crippen LogP contribution in [0.3, 0.4) is 0 Å². The Morgan fingerprint density at radius 3 is 2.31 bits per heavy atom. The zero-order valence-corrected chi connectivity index (χ0v) is 15.7. The molecule has 1 N–H and O–H groups in total. The average Bonchev–Trinajstić information content (AvgIpc) is 2.67. The molecule has 3 rings (SSSR count). The van der Waals surface area contributed by atoms with Gasteiger partial charge in [0, 0.05) is 51.5 Å². The number of piperazine rings is 1. The number of pyridine rings is 1. The summed E-state index contributed by atoms with van der Waals surface area (Å²) >= 11 is 0. The van der Waals surface area contributed by atoms with E-state index in [1.54, 1.807) is 12.4 Å². The van der Waals surface area contributed by atoms with Crippen LogP contribution in [-0.4, -0.2) is 60.5 Å². The van der Waals surface area contributed by atoms with E-state index in [0.717, 1.165) is 43.9 Å². The lowest BCUT2D eigenvalue weighted by Gasteiger charge is -2.32. The van der Waals surface area contributed by atoms with Gasteiger partial charge in [0.2, 0.25) is 5.91 Å². The molecule has 138 valence electrons. The number of hydrogen-bond acceptors (Lipinski definition) is 4. The second kappa shape index (κ2) is 8.92. The van der Waals surface area contributed by atoms with Gasteiger partial charge in [-0.15, -0.1) is 0 Å². The van der Waals surface area contributed by atoms with Crippen molar-refractivity contribution in [3.8, 4) is 0 Å². The van der Waals surface area contributed by atoms with Gasteiger partial charge in [0.15, 0.2) is 0 Å². The number of rotatable bonds is 6. The third-order valence-electron chi connectivity index (χ3n) is 5.01. The summed E-state index contributed by atoms with van der Waals surface area (Å²) in [6, 6.07) is 12.1. The van der Waals surface area contributed by atoms with Crippen LogP contribution in [0.4, 0.5) is 0 Å². The fraction of sp³-hybridized carbons (Fsp3) is 0.429. The molecule has 0 bridgehead atoms. The third kappa shape index (κ3) is 5.13. The maximum Gasteiger partial charge on any atom is 0.222 e. The molecule has 1 aromatic carbocycles. The minimum Gasteiger partial charge on any atom is -0.345 e. The molecule has 1 amide bonds. The molecule has 1 atom stereocenters. The lowest BCUT2D eigenvalue weighted by molar-refractivity contribution is -0.122. The normalized spacial score (nSPS) is 17.0. The molecule has 1 unspecified atom stereocenters. The summed E-state index contributed by atoms with van der Waals surface area (Å²) in [5.41, 5.74) is 3.36. The van der Waals surface area contributed by atoms with E-state index in [1.165, 1.54) is 5.56 Å². The number of carbonyl (C=O) groups excluding carboxylic acids is 1. The molecule has 0 radical (unpaired) electrons. The second-order valence-electron chi connectivity index (χ2n) is 7.09. The van der Waals surface area contributed by atoms with Crippen molar-refractivity contribution in [2.45, 2.75) is 19.4 Å². The van der Waals surface area contributed by atoms with Crippen LogP contribution in [0, 0.1) is 6.92 Å². The average molecular weight is 352 g/mol. The van der Waals surface area contributed by atoms with Crippen molar-refractivity contribution in [1.82, 2.24) is 20.1 Å². The summed E-state index contributed by atoms with van der Waals surface area (Å²) in [6.07, 6.45) is 4.07. The summed E-state index contributed by atoms with van der Waals surface area (Å²) in [6.45, 7) is 7.11. The number of hydrogen-bond donors (Lipinski definition) is 1. The molecule has 1 aliphatic heterocycles. The number of nitrogens with one attached hydrogen (secondary N) is 1. The van der Waals surface area contributed by atoms with E-state index < -0.39 is 0 Å². The summed E-state index contributed by atoms with van der Waals surface area (Å²) in [4.78, 5) is 21.4. The van der Waals surface area contributed by atoms with Crippen LogP contribution in [0.1, 0.15) is 29.2 Å². The Kier molecular flexibility index (Phi) is 6.36. The van der Waals surface area contributed by atoms with Gasteiger partial charge in [-0.05, 0) is 37.2 Å². The number of aryl methyl sites for hydroxylation is 1. The zero-order chi connectivity index (χ0) is 18.4. The van der Waals surface area contributed by atoms with Gasteiger partial charge in [-0.2, -0.15) is 0 Å². The molecule has 2 heterocycles. The van der Waals surface area contributed by atoms with Crippen molar-refractivity contribution in [2.75, 3.05) is 39.8 Å². The number of carbonyl (C=O) groups is 1. The molecule has 0 saturated carbocycles. The van der Waals surface area contributed by atoms with Gasteiger partial charge in [-0.25, -0.2) is 0 Å². The van der Waals surface area contributed by atoms with E-state index in [9.17, 15) is 4.79 Å². The predicted molar refractivity (Wildman–Crippen MR) is 104 cm³/mol. The first-order valence-corrected chi connectivity index (χ1v) is 9.28. The number of benzene rings is 1. The first-order chi connectivity index (χ1) is 12.6. The van der Waals surface area contributed by atoms with Gasteiger partial charge in [0.25, 0.3) is 0 Å². The minimum atomic E-state index is -0.140. The Morgan fingerprint density at radius 1 is 1.04 bits per heavy atom. The second-order valence-corrected chi connectivity index (χ2v) is 7.09. The smallest absolute Gasteiger partial charge is 0.222 e. The van der Waals surface area contributed by atoms with Crippen molar-refractivity contribution in [2.24, 2.45) is 0 Å². The number of amides is 1. The van der Waals surface area contributed by atoms with Gasteiger partial charge in [0.05, 0.1) is 6.04 Å². The third-order valence-corrected chi connectivity index (χ3v) is 5.01. The summed E-state index contributed by atoms with van der Waals surface area (Å²) in [5, 5.41) is 3.21. The SMILES string of the molecule is Cc1ccc(C(NC(=O)CCN2CCN(C)CC2)c2ccncc2)cc1. The number of nitrogens with zero attached hydrogens (tertiary/aromatic N) is 3. The van der Waals surface area contributed by atoms with E-state index in [0.29, 0.717) is 6.42 Å². The summed E-state index contributed by atoms with van der Waals surface area (Å²) in [5.74, 6) is 0.0892. The standard InChI is InChI=1S/C21H28N4O/c1-17-3-5-18(6-4-17)21(19-7-10-22-11-8-19)23-20(26)9-12-25-15-13-24(2)14-16-25/h3-8,10-11,21H,9,12-16H2,1-2H3,(H,23,26). The topological polar surface area (TPSA) is 48.5 Å². The lowest BCUT2D eigenvalue weighted by atomic mass is 9.98. The maximum absolute atomic E-state index is 12.6. The molecule has 26 heavy (non-hydrogen) atoms. The van der Waals surface area contributed by atoms with Crippen LogP contribution in [0.2, 0.25) is 0 Å². The molecule has 0 aliphatic carbocycles. The van der Waals surface area contributed by atoms with Crippen LogP contribution in [-0.2, 0) is 4.79 Å². The van der Waals surface area contributed by atoms with E-state index in [1.807, 2.05) is 12.1 Å². The Morgan fingerprint density at radius 2 is 1.65 bits per heavy atom. The summed E-state index contributed by atoms with van der Waals surface area (Å²) in [7, 11) is 2.14. The van der Waals surface area contributed by atoms with Gasteiger partial charge in [-0.3, -0.25) is 9.78 Å². The van der Waals surface area contributed by atoms with Crippen molar-refractivity contribution < 1.29 is 4.79 Å². The lowest BCUT2D eigenvalue weighted by Crippen LogP contribution is -2.45. The van der Waals surface area contributed by atoms with Gasteiger partial charge >= 0.3 is 0 Å². The van der Waals surface area contributed by atoms with Gasteiger partial charge < -0.3 is 15.1 Å². The molecule has 5 heteroatoms. The first-order valence-electron chi connectivity index (χ1n) is 9.28. The van der Waals surface area contributed by atoms with E-state index in [-0.39, 0.29) is 11.9 Å². The largest absolute Gasteiger partial charge is 0.345 e. The quantitative estimate of drug-likeness (QED) is 0.866. The van der Waals surface area contributed by atoms with E-state index in [4.69, 9.17) is 0 Å². The van der Waals surface area contributed by atoms with E-state index in [2.05, 4.69) is 58.3 Å². The van der Waals surface area contributed by atoms with Crippen molar-refractivity contribution in [3.05, 3.63) is 65.5 Å². The Balaban J connectivity index is 1.63. The minimum absolute atomic E-state index is 0.0892. The predicted octanol–water partition coefficient (Wildman–Crippen LogP) is 2.23. The van der Waals surface area contributed by atoms with Crippen LogP contribution >= 0.6 is 0 Å². The Hall–Kier alpha value is -2.24. The Bertz CT molecular complexity index is 694. The number of aromatic nitrogens is 1. The molecule has 1 fully saturated rings. The Labute approximate surface area is 156 Å². The van der Waals surface area contributed by atoms with Crippen molar-refractivity contribution in [3.63, 3.8) is 0 Å². The number of likely N-dealkylation sites (N-methyl/N-ethyl adjacent to an activating group) is 1. The molecular formula is C21H28N4O. The molecule has 5 nitrogen and oxygen atoms in total. The highest BCUT2D eigenvalue weighted by molar-refractivity contribution is 5.77. The zero-order valence-electron chi connectivity index (χ0n) is 15.7. The van der Waals surface area contributed by atoms with Crippen molar-refractivity contribution in [1.29, 1.82) is 0 Å². The molecule has 1 aromatic heterocycles. The van der Waals surface area contributed by atoms with Crippen molar-refractivity contribution >= 4 is 5.91 Å². The maximum atomic E-state index is 12.6. The van der Waals surface area contributed by atoms with Crippen LogP contribution in [0.15, 0.2) is 48.8 Å². The fourth-order valence-electron chi connectivity index (χ4n) is 3.24. The van der Waals surface area contributed by atoms with E-state index >= 15 is 0 Å². The van der Waals surface area contributed by atoms with Crippen LogP contribution in [0.5, 0.6) is 0 Å². The molecule has 0 spiro atoms. The highest BCUT2D eigenvalue weighted by Gasteiger charge is 2.19. The molecule has 1 aliphatic rings. The van der Waals surface area contributed by atoms with Crippen LogP contribution in [0.25, 0.3) is 0 Å². The van der Waals surface area contributed by atoms with Gasteiger partial charge in [0.1, 0.15) is 0 Å². The highest BCUT2D eigenvalue weighted by atomic mass is 16.1. The van der Waals surface area contributed by atoms with Gasteiger partial charge in [-0.1, -0.05) is 29.8 Å². The molecular weight excluding hydrogens is 324 g/mol. The summed E-state index contributed by atoms with van der Waals surface area (Å²) < 4.78 is 0. The molecule has 1 saturated heterocycles.